The lowest BCUT2D eigenvalue weighted by atomic mass is 10.0. The summed E-state index contributed by atoms with van der Waals surface area (Å²) >= 11 is 13.0. The van der Waals surface area contributed by atoms with Crippen molar-refractivity contribution < 1.29 is 33.4 Å². The Kier molecular flexibility index (Phi) is 13.2. The van der Waals surface area contributed by atoms with Crippen molar-refractivity contribution >= 4 is 65.1 Å². The molecular formula is C32H41Cl2N5O7S. The molecule has 12 nitrogen and oxygen atoms in total. The van der Waals surface area contributed by atoms with Gasteiger partial charge in [-0.3, -0.25) is 18.8 Å². The standard InChI is InChI=1S/C32H41Cl2N5O7S/c1-18(2)24(36-30(43)46-32(5,6)7)27(41)35-25(19(3)4)28(42)45-17-38-29(37-26(40)21-10-14-23(34)15-11-21)47-39(31(38)44)16-20-8-12-22(33)13-9-20/h8-15,18-19,24-25,29H,16-17H2,1-7H3,(H,35,41)(H,36,43)(H,37,40)/t24?,25-,29?/m0/s1. The minimum atomic E-state index is -1.11. The molecule has 2 aromatic rings. The van der Waals surface area contributed by atoms with Gasteiger partial charge in [-0.1, -0.05) is 63.0 Å². The summed E-state index contributed by atoms with van der Waals surface area (Å²) in [6.45, 7) is 11.7. The minimum absolute atomic E-state index is 0.185. The van der Waals surface area contributed by atoms with Crippen LogP contribution in [0.5, 0.6) is 0 Å². The highest BCUT2D eigenvalue weighted by molar-refractivity contribution is 7.98. The Bertz CT molecular complexity index is 1430. The molecule has 1 aliphatic rings. The first-order valence-corrected chi connectivity index (χ1v) is 16.6. The number of alkyl carbamates (subject to hydrolysis) is 1. The third-order valence-electron chi connectivity index (χ3n) is 6.76. The minimum Gasteiger partial charge on any atom is -0.444 e. The van der Waals surface area contributed by atoms with Gasteiger partial charge in [0.25, 0.3) is 5.91 Å². The van der Waals surface area contributed by atoms with Crippen molar-refractivity contribution in [2.75, 3.05) is 6.73 Å². The molecule has 3 rings (SSSR count). The third kappa shape index (κ3) is 11.2. The number of halogens is 2. The molecule has 2 unspecified atom stereocenters. The van der Waals surface area contributed by atoms with Gasteiger partial charge >= 0.3 is 18.1 Å². The Hall–Kier alpha value is -3.68. The van der Waals surface area contributed by atoms with Crippen LogP contribution in [0.25, 0.3) is 0 Å². The molecule has 256 valence electrons. The number of ether oxygens (including phenoxy) is 2. The average molecular weight is 711 g/mol. The highest BCUT2D eigenvalue weighted by atomic mass is 35.5. The molecule has 0 aliphatic carbocycles. The number of benzene rings is 2. The topological polar surface area (TPSA) is 146 Å². The number of carbonyl (C=O) groups is 5. The Morgan fingerprint density at radius 1 is 0.872 bits per heavy atom. The van der Waals surface area contributed by atoms with Crippen molar-refractivity contribution in [2.45, 2.75) is 78.2 Å². The zero-order chi connectivity index (χ0) is 35.1. The summed E-state index contributed by atoms with van der Waals surface area (Å²) in [6.07, 6.45) is -0.769. The van der Waals surface area contributed by atoms with Crippen LogP contribution in [0.15, 0.2) is 48.5 Å². The summed E-state index contributed by atoms with van der Waals surface area (Å²) < 4.78 is 12.3. The van der Waals surface area contributed by atoms with Crippen LogP contribution in [-0.2, 0) is 25.6 Å². The molecule has 0 spiro atoms. The number of urea groups is 1. The van der Waals surface area contributed by atoms with Crippen LogP contribution in [0.1, 0.15) is 64.4 Å². The van der Waals surface area contributed by atoms with E-state index in [2.05, 4.69) is 16.0 Å². The molecule has 3 N–H and O–H groups in total. The predicted octanol–water partition coefficient (Wildman–Crippen LogP) is 5.78. The maximum Gasteiger partial charge on any atom is 0.408 e. The fourth-order valence-electron chi connectivity index (χ4n) is 4.28. The zero-order valence-corrected chi connectivity index (χ0v) is 29.7. The van der Waals surface area contributed by atoms with Crippen molar-refractivity contribution in [1.82, 2.24) is 25.2 Å². The highest BCUT2D eigenvalue weighted by Gasteiger charge is 2.41. The summed E-state index contributed by atoms with van der Waals surface area (Å²) in [6, 6.07) is 10.6. The van der Waals surface area contributed by atoms with E-state index in [1.165, 1.54) is 9.21 Å². The number of carbonyl (C=O) groups excluding carboxylic acids is 5. The number of rotatable bonds is 12. The van der Waals surface area contributed by atoms with Crippen LogP contribution in [-0.4, -0.2) is 69.0 Å². The third-order valence-corrected chi connectivity index (χ3v) is 8.37. The lowest BCUT2D eigenvalue weighted by Gasteiger charge is -2.28. The van der Waals surface area contributed by atoms with Gasteiger partial charge in [0.15, 0.2) is 12.2 Å². The summed E-state index contributed by atoms with van der Waals surface area (Å²) in [5.41, 5.74) is -0.591. The molecule has 1 saturated heterocycles. The van der Waals surface area contributed by atoms with Gasteiger partial charge < -0.3 is 25.4 Å². The van der Waals surface area contributed by atoms with E-state index in [4.69, 9.17) is 32.7 Å². The largest absolute Gasteiger partial charge is 0.444 e. The van der Waals surface area contributed by atoms with Gasteiger partial charge in [-0.25, -0.2) is 14.4 Å². The first kappa shape index (κ1) is 37.8. The molecule has 47 heavy (non-hydrogen) atoms. The number of esters is 1. The molecule has 0 bridgehead atoms. The summed E-state index contributed by atoms with van der Waals surface area (Å²) in [5.74, 6) is -2.61. The normalized spacial score (nSPS) is 16.1. The molecule has 1 fully saturated rings. The van der Waals surface area contributed by atoms with Crippen LogP contribution in [0.3, 0.4) is 0 Å². The van der Waals surface area contributed by atoms with Crippen molar-refractivity contribution in [1.29, 1.82) is 0 Å². The van der Waals surface area contributed by atoms with E-state index < -0.39 is 65.7 Å². The fourth-order valence-corrected chi connectivity index (χ4v) is 5.62. The maximum absolute atomic E-state index is 13.5. The molecule has 5 amide bonds. The van der Waals surface area contributed by atoms with Gasteiger partial charge in [-0.15, -0.1) is 0 Å². The Labute approximate surface area is 289 Å². The molecule has 1 aliphatic heterocycles. The van der Waals surface area contributed by atoms with E-state index >= 15 is 0 Å². The van der Waals surface area contributed by atoms with Gasteiger partial charge in [-0.2, -0.15) is 0 Å². The first-order chi connectivity index (χ1) is 21.9. The predicted molar refractivity (Wildman–Crippen MR) is 180 cm³/mol. The zero-order valence-electron chi connectivity index (χ0n) is 27.3. The Morgan fingerprint density at radius 3 is 1.96 bits per heavy atom. The Balaban J connectivity index is 1.74. The molecule has 0 radical (unpaired) electrons. The fraction of sp³-hybridized carbons (Fsp3) is 0.469. The average Bonchev–Trinajstić information content (AvgIpc) is 3.26. The van der Waals surface area contributed by atoms with Crippen LogP contribution < -0.4 is 16.0 Å². The van der Waals surface area contributed by atoms with Gasteiger partial charge in [0.2, 0.25) is 5.91 Å². The second-order valence-corrected chi connectivity index (χ2v) is 14.5. The number of amides is 5. The van der Waals surface area contributed by atoms with Gasteiger partial charge in [0.1, 0.15) is 17.7 Å². The number of nitrogens with zero attached hydrogens (tertiary/aromatic N) is 2. The molecule has 3 atom stereocenters. The van der Waals surface area contributed by atoms with Crippen molar-refractivity contribution in [3.63, 3.8) is 0 Å². The number of hydrogen-bond donors (Lipinski definition) is 3. The summed E-state index contributed by atoms with van der Waals surface area (Å²) in [7, 11) is 0. The van der Waals surface area contributed by atoms with Crippen molar-refractivity contribution in [2.24, 2.45) is 11.8 Å². The lowest BCUT2D eigenvalue weighted by Crippen LogP contribution is -2.56. The second kappa shape index (κ2) is 16.4. The van der Waals surface area contributed by atoms with E-state index in [0.717, 1.165) is 17.5 Å². The van der Waals surface area contributed by atoms with E-state index in [9.17, 15) is 24.0 Å². The summed E-state index contributed by atoms with van der Waals surface area (Å²) in [5, 5.41) is 9.04. The highest BCUT2D eigenvalue weighted by Crippen LogP contribution is 2.32. The molecule has 2 aromatic carbocycles. The number of hydrogen-bond acceptors (Lipinski definition) is 8. The molecule has 15 heteroatoms. The van der Waals surface area contributed by atoms with Crippen molar-refractivity contribution in [3.05, 3.63) is 69.7 Å². The van der Waals surface area contributed by atoms with E-state index in [-0.39, 0.29) is 12.5 Å². The Morgan fingerprint density at radius 2 is 1.43 bits per heavy atom. The quantitative estimate of drug-likeness (QED) is 0.186. The molecule has 0 saturated carbocycles. The van der Waals surface area contributed by atoms with Gasteiger partial charge in [0, 0.05) is 27.6 Å². The van der Waals surface area contributed by atoms with Crippen LogP contribution in [0.2, 0.25) is 10.0 Å². The monoisotopic (exact) mass is 709 g/mol. The van der Waals surface area contributed by atoms with Crippen LogP contribution >= 0.6 is 35.1 Å². The molecule has 0 aromatic heterocycles. The summed E-state index contributed by atoms with van der Waals surface area (Å²) in [4.78, 5) is 66.8. The lowest BCUT2D eigenvalue weighted by molar-refractivity contribution is -0.153. The van der Waals surface area contributed by atoms with Gasteiger partial charge in [-0.05, 0) is 74.6 Å². The smallest absolute Gasteiger partial charge is 0.408 e. The van der Waals surface area contributed by atoms with E-state index in [1.54, 1.807) is 97.0 Å². The van der Waals surface area contributed by atoms with E-state index in [1.807, 2.05) is 0 Å². The van der Waals surface area contributed by atoms with Crippen LogP contribution in [0.4, 0.5) is 9.59 Å². The van der Waals surface area contributed by atoms with Gasteiger partial charge in [0.05, 0.1) is 6.54 Å². The second-order valence-electron chi connectivity index (χ2n) is 12.5. The molecule has 1 heterocycles. The van der Waals surface area contributed by atoms with Crippen molar-refractivity contribution in [3.8, 4) is 0 Å². The van der Waals surface area contributed by atoms with Crippen LogP contribution in [0, 0.1) is 11.8 Å². The maximum atomic E-state index is 13.5. The first-order valence-electron chi connectivity index (χ1n) is 15.0. The number of nitrogens with one attached hydrogen (secondary N) is 3. The SMILES string of the molecule is CC(C)C(NC(=O)OC(C)(C)C)C(=O)N[C@H](C(=O)OCN1C(=O)N(Cc2ccc(Cl)cc2)SC1NC(=O)c1ccc(Cl)cc1)C(C)C. The van der Waals surface area contributed by atoms with E-state index in [0.29, 0.717) is 15.6 Å². The molecular weight excluding hydrogens is 669 g/mol.